The average Bonchev–Trinajstić information content (AvgIpc) is 2.70. The van der Waals surface area contributed by atoms with E-state index in [1.165, 1.54) is 5.56 Å². The number of ether oxygens (including phenoxy) is 2. The van der Waals surface area contributed by atoms with Crippen LogP contribution in [-0.2, 0) is 11.2 Å². The predicted octanol–water partition coefficient (Wildman–Crippen LogP) is 4.01. The summed E-state index contributed by atoms with van der Waals surface area (Å²) < 4.78 is 11.1. The Morgan fingerprint density at radius 3 is 2.48 bits per heavy atom. The van der Waals surface area contributed by atoms with Gasteiger partial charge in [-0.15, -0.1) is 0 Å². The number of aldehydes is 1. The van der Waals surface area contributed by atoms with Gasteiger partial charge in [0.1, 0.15) is 5.75 Å². The van der Waals surface area contributed by atoms with E-state index in [1.54, 1.807) is 7.11 Å². The van der Waals surface area contributed by atoms with E-state index in [2.05, 4.69) is 30.3 Å². The SMILES string of the molecule is COCOc1c(Cc2ccccc2)cccc1Pc1c(C)cccc1C=O. The molecule has 0 aromatic heterocycles. The number of rotatable bonds is 8. The Labute approximate surface area is 162 Å². The Hall–Kier alpha value is -2.48. The summed E-state index contributed by atoms with van der Waals surface area (Å²) in [7, 11) is 1.96. The van der Waals surface area contributed by atoms with Crippen molar-refractivity contribution in [1.82, 2.24) is 0 Å². The summed E-state index contributed by atoms with van der Waals surface area (Å²) in [5.41, 5.74) is 4.19. The third kappa shape index (κ3) is 4.82. The maximum atomic E-state index is 11.5. The monoisotopic (exact) mass is 378 g/mol. The highest BCUT2D eigenvalue weighted by Crippen LogP contribution is 2.27. The molecule has 0 radical (unpaired) electrons. The summed E-state index contributed by atoms with van der Waals surface area (Å²) >= 11 is 0. The zero-order valence-corrected chi connectivity index (χ0v) is 16.6. The van der Waals surface area contributed by atoms with Crippen LogP contribution in [-0.4, -0.2) is 20.2 Å². The van der Waals surface area contributed by atoms with Crippen LogP contribution < -0.4 is 15.3 Å². The van der Waals surface area contributed by atoms with E-state index >= 15 is 0 Å². The molecule has 0 fully saturated rings. The third-order valence-electron chi connectivity index (χ3n) is 4.35. The Bertz CT molecular complexity index is 907. The summed E-state index contributed by atoms with van der Waals surface area (Å²) in [6.45, 7) is 2.23. The van der Waals surface area contributed by atoms with Crippen molar-refractivity contribution in [3.05, 3.63) is 89.0 Å². The van der Waals surface area contributed by atoms with Crippen molar-refractivity contribution in [2.45, 2.75) is 13.3 Å². The van der Waals surface area contributed by atoms with E-state index in [-0.39, 0.29) is 6.79 Å². The highest BCUT2D eigenvalue weighted by Gasteiger charge is 2.14. The molecule has 27 heavy (non-hydrogen) atoms. The van der Waals surface area contributed by atoms with Crippen LogP contribution in [0.3, 0.4) is 0 Å². The minimum absolute atomic E-state index is 0.192. The van der Waals surface area contributed by atoms with E-state index < -0.39 is 0 Å². The van der Waals surface area contributed by atoms with E-state index in [1.807, 2.05) is 43.3 Å². The van der Waals surface area contributed by atoms with Crippen molar-refractivity contribution in [3.63, 3.8) is 0 Å². The number of benzene rings is 3. The maximum absolute atomic E-state index is 11.5. The summed E-state index contributed by atoms with van der Waals surface area (Å²) in [4.78, 5) is 11.5. The minimum Gasteiger partial charge on any atom is -0.467 e. The van der Waals surface area contributed by atoms with Crippen LogP contribution in [0.25, 0.3) is 0 Å². The van der Waals surface area contributed by atoms with Gasteiger partial charge in [-0.25, -0.2) is 0 Å². The maximum Gasteiger partial charge on any atom is 0.188 e. The first-order valence-corrected chi connectivity index (χ1v) is 9.82. The van der Waals surface area contributed by atoms with Gasteiger partial charge in [-0.2, -0.15) is 0 Å². The number of para-hydroxylation sites is 1. The second-order valence-corrected chi connectivity index (χ2v) is 7.58. The molecule has 0 spiro atoms. The summed E-state index contributed by atoms with van der Waals surface area (Å²) in [6.07, 6.45) is 1.71. The van der Waals surface area contributed by atoms with Gasteiger partial charge in [-0.3, -0.25) is 4.79 Å². The lowest BCUT2D eigenvalue weighted by atomic mass is 10.0. The third-order valence-corrected chi connectivity index (χ3v) is 5.94. The molecule has 0 bridgehead atoms. The van der Waals surface area contributed by atoms with Gasteiger partial charge in [0.2, 0.25) is 0 Å². The van der Waals surface area contributed by atoms with Crippen molar-refractivity contribution in [1.29, 1.82) is 0 Å². The first-order chi connectivity index (χ1) is 13.2. The topological polar surface area (TPSA) is 35.5 Å². The summed E-state index contributed by atoms with van der Waals surface area (Å²) in [5, 5.41) is 2.14. The van der Waals surface area contributed by atoms with E-state index in [4.69, 9.17) is 9.47 Å². The molecular weight excluding hydrogens is 355 g/mol. The standard InChI is InChI=1S/C23H23O3P/c1-17-8-6-12-20(15-24)23(17)27-21-13-7-11-19(22(21)26-16-25-2)14-18-9-4-3-5-10-18/h3-13,15,27H,14,16H2,1-2H3. The van der Waals surface area contributed by atoms with Gasteiger partial charge in [0.05, 0.1) is 0 Å². The van der Waals surface area contributed by atoms with Crippen LogP contribution in [0.4, 0.5) is 0 Å². The molecule has 0 aliphatic heterocycles. The zero-order valence-electron chi connectivity index (χ0n) is 15.6. The van der Waals surface area contributed by atoms with Crippen LogP contribution in [0.15, 0.2) is 66.7 Å². The van der Waals surface area contributed by atoms with Gasteiger partial charge in [-0.1, -0.05) is 75.3 Å². The Kier molecular flexibility index (Phi) is 6.75. The number of carbonyl (C=O) groups is 1. The smallest absolute Gasteiger partial charge is 0.188 e. The normalized spacial score (nSPS) is 11.0. The molecule has 1 unspecified atom stereocenters. The van der Waals surface area contributed by atoms with Crippen molar-refractivity contribution in [2.24, 2.45) is 0 Å². The largest absolute Gasteiger partial charge is 0.467 e. The molecule has 0 saturated heterocycles. The first-order valence-electron chi connectivity index (χ1n) is 8.82. The lowest BCUT2D eigenvalue weighted by Crippen LogP contribution is -2.16. The van der Waals surface area contributed by atoms with Gasteiger partial charge in [0.15, 0.2) is 13.1 Å². The number of aryl methyl sites for hydroxylation is 1. The van der Waals surface area contributed by atoms with Crippen LogP contribution >= 0.6 is 8.58 Å². The lowest BCUT2D eigenvalue weighted by molar-refractivity contribution is 0.0513. The first kappa shape index (κ1) is 19.3. The van der Waals surface area contributed by atoms with Gasteiger partial charge in [0, 0.05) is 24.4 Å². The van der Waals surface area contributed by atoms with Gasteiger partial charge < -0.3 is 9.47 Å². The molecule has 0 saturated carbocycles. The van der Waals surface area contributed by atoms with E-state index in [0.29, 0.717) is 8.58 Å². The Balaban J connectivity index is 1.99. The number of carbonyl (C=O) groups excluding carboxylic acids is 1. The van der Waals surface area contributed by atoms with Crippen molar-refractivity contribution >= 4 is 25.5 Å². The number of methoxy groups -OCH3 is 1. The molecule has 3 aromatic carbocycles. The van der Waals surface area contributed by atoms with Crippen LogP contribution in [0, 0.1) is 6.92 Å². The van der Waals surface area contributed by atoms with E-state index in [0.717, 1.165) is 45.8 Å². The molecule has 0 aliphatic rings. The highest BCUT2D eigenvalue weighted by molar-refractivity contribution is 7.56. The lowest BCUT2D eigenvalue weighted by Gasteiger charge is -2.17. The molecule has 3 nitrogen and oxygen atoms in total. The predicted molar refractivity (Wildman–Crippen MR) is 112 cm³/mol. The van der Waals surface area contributed by atoms with Crippen molar-refractivity contribution < 1.29 is 14.3 Å². The molecular formula is C23H23O3P. The number of hydrogen-bond donors (Lipinski definition) is 0. The molecule has 138 valence electrons. The Morgan fingerprint density at radius 2 is 1.74 bits per heavy atom. The Morgan fingerprint density at radius 1 is 0.963 bits per heavy atom. The summed E-state index contributed by atoms with van der Waals surface area (Å²) in [5.74, 6) is 0.849. The minimum atomic E-state index is 0.192. The number of hydrogen-bond acceptors (Lipinski definition) is 3. The van der Waals surface area contributed by atoms with Crippen LogP contribution in [0.1, 0.15) is 27.0 Å². The average molecular weight is 378 g/mol. The van der Waals surface area contributed by atoms with Gasteiger partial charge in [-0.05, 0) is 28.9 Å². The highest BCUT2D eigenvalue weighted by atomic mass is 31.1. The van der Waals surface area contributed by atoms with Gasteiger partial charge in [0.25, 0.3) is 0 Å². The zero-order chi connectivity index (χ0) is 19.1. The van der Waals surface area contributed by atoms with E-state index in [9.17, 15) is 4.79 Å². The summed E-state index contributed by atoms with van der Waals surface area (Å²) in [6, 6.07) is 22.4. The molecule has 0 amide bonds. The van der Waals surface area contributed by atoms with Crippen LogP contribution in [0.5, 0.6) is 5.75 Å². The fourth-order valence-corrected chi connectivity index (χ4v) is 4.38. The van der Waals surface area contributed by atoms with Crippen molar-refractivity contribution in [2.75, 3.05) is 13.9 Å². The molecule has 1 atom stereocenters. The van der Waals surface area contributed by atoms with Gasteiger partial charge >= 0.3 is 0 Å². The quantitative estimate of drug-likeness (QED) is 0.338. The van der Waals surface area contributed by atoms with Crippen LogP contribution in [0.2, 0.25) is 0 Å². The second kappa shape index (κ2) is 9.45. The molecule has 3 rings (SSSR count). The molecule has 4 heteroatoms. The molecule has 0 N–H and O–H groups in total. The fraction of sp³-hybridized carbons (Fsp3) is 0.174. The molecule has 0 aliphatic carbocycles. The molecule has 3 aromatic rings. The molecule has 0 heterocycles. The second-order valence-electron chi connectivity index (χ2n) is 6.29. The fourth-order valence-electron chi connectivity index (χ4n) is 3.02. The van der Waals surface area contributed by atoms with Crippen molar-refractivity contribution in [3.8, 4) is 5.75 Å².